The molecule has 0 aliphatic heterocycles. The third kappa shape index (κ3) is 5.14. The van der Waals surface area contributed by atoms with E-state index in [-0.39, 0.29) is 23.0 Å². The maximum atomic E-state index is 12.0. The number of nitrogens with one attached hydrogen (secondary N) is 1. The molecule has 126 valence electrons. The fraction of sp³-hybridized carbons (Fsp3) is 0.188. The van der Waals surface area contributed by atoms with Gasteiger partial charge in [-0.15, -0.1) is 11.8 Å². The van der Waals surface area contributed by atoms with Crippen LogP contribution in [0.2, 0.25) is 5.02 Å². The van der Waals surface area contributed by atoms with Crippen LogP contribution in [0.3, 0.4) is 0 Å². The van der Waals surface area contributed by atoms with Crippen molar-refractivity contribution in [2.75, 3.05) is 18.2 Å². The molecule has 0 saturated heterocycles. The van der Waals surface area contributed by atoms with E-state index in [1.807, 2.05) is 18.2 Å². The highest BCUT2D eigenvalue weighted by molar-refractivity contribution is 7.99. The number of methoxy groups -OCH3 is 1. The molecule has 1 amide bonds. The smallest absolute Gasteiger partial charge is 0.296 e. The van der Waals surface area contributed by atoms with Crippen LogP contribution in [0.4, 0.5) is 11.4 Å². The van der Waals surface area contributed by atoms with E-state index in [1.54, 1.807) is 12.1 Å². The summed E-state index contributed by atoms with van der Waals surface area (Å²) in [7, 11) is 1.42. The Hall–Kier alpha value is -2.25. The standard InChI is InChI=1S/C16H15ClN2O4S/c1-23-13-5-6-14(15(8-13)19(21)22)18-16(20)10-24-9-11-3-2-4-12(17)7-11/h2-8H,9-10H2,1H3,(H,18,20). The van der Waals surface area contributed by atoms with E-state index < -0.39 is 4.92 Å². The normalized spacial score (nSPS) is 10.2. The molecule has 2 aromatic rings. The summed E-state index contributed by atoms with van der Waals surface area (Å²) < 4.78 is 4.96. The van der Waals surface area contributed by atoms with Gasteiger partial charge in [-0.1, -0.05) is 23.7 Å². The molecule has 2 rings (SSSR count). The lowest BCUT2D eigenvalue weighted by molar-refractivity contribution is -0.384. The van der Waals surface area contributed by atoms with Crippen LogP contribution in [0.1, 0.15) is 5.56 Å². The fourth-order valence-corrected chi connectivity index (χ4v) is 2.96. The zero-order valence-corrected chi connectivity index (χ0v) is 14.4. The number of hydrogen-bond donors (Lipinski definition) is 1. The van der Waals surface area contributed by atoms with Crippen molar-refractivity contribution in [1.29, 1.82) is 0 Å². The topological polar surface area (TPSA) is 81.5 Å². The van der Waals surface area contributed by atoms with Crippen LogP contribution in [-0.2, 0) is 10.5 Å². The van der Waals surface area contributed by atoms with E-state index in [1.165, 1.54) is 31.0 Å². The van der Waals surface area contributed by atoms with Gasteiger partial charge in [0.15, 0.2) is 0 Å². The lowest BCUT2D eigenvalue weighted by atomic mass is 10.2. The second-order valence-electron chi connectivity index (χ2n) is 4.81. The molecule has 6 nitrogen and oxygen atoms in total. The minimum Gasteiger partial charge on any atom is -0.496 e. The first-order valence-corrected chi connectivity index (χ1v) is 8.47. The first kappa shape index (κ1) is 18.1. The molecule has 0 atom stereocenters. The van der Waals surface area contributed by atoms with Crippen LogP contribution in [0.5, 0.6) is 5.75 Å². The number of hydrogen-bond acceptors (Lipinski definition) is 5. The number of benzene rings is 2. The van der Waals surface area contributed by atoms with Crippen molar-refractivity contribution in [3.05, 3.63) is 63.2 Å². The van der Waals surface area contributed by atoms with Crippen LogP contribution < -0.4 is 10.1 Å². The summed E-state index contributed by atoms with van der Waals surface area (Å²) in [6.45, 7) is 0. The van der Waals surface area contributed by atoms with Crippen molar-refractivity contribution in [1.82, 2.24) is 0 Å². The Labute approximate surface area is 148 Å². The Bertz CT molecular complexity index is 755. The van der Waals surface area contributed by atoms with Gasteiger partial charge in [0.25, 0.3) is 5.69 Å². The second-order valence-corrected chi connectivity index (χ2v) is 6.23. The fourth-order valence-electron chi connectivity index (χ4n) is 1.97. The lowest BCUT2D eigenvalue weighted by Crippen LogP contribution is -2.15. The summed E-state index contributed by atoms with van der Waals surface area (Å²) >= 11 is 7.30. The van der Waals surface area contributed by atoms with E-state index in [9.17, 15) is 14.9 Å². The summed E-state index contributed by atoms with van der Waals surface area (Å²) in [5.74, 6) is 0.847. The minimum atomic E-state index is -0.558. The molecule has 8 heteroatoms. The molecule has 1 N–H and O–H groups in total. The molecule has 0 unspecified atom stereocenters. The Morgan fingerprint density at radius 1 is 1.33 bits per heavy atom. The molecule has 0 fully saturated rings. The van der Waals surface area contributed by atoms with Crippen LogP contribution in [0.25, 0.3) is 0 Å². The average Bonchev–Trinajstić information content (AvgIpc) is 2.55. The number of thioether (sulfide) groups is 1. The summed E-state index contributed by atoms with van der Waals surface area (Å²) in [5, 5.41) is 14.3. The summed E-state index contributed by atoms with van der Waals surface area (Å²) in [6.07, 6.45) is 0. The van der Waals surface area contributed by atoms with Crippen molar-refractivity contribution in [3.8, 4) is 5.75 Å². The van der Waals surface area contributed by atoms with Gasteiger partial charge in [-0.3, -0.25) is 14.9 Å². The Morgan fingerprint density at radius 2 is 2.12 bits per heavy atom. The number of rotatable bonds is 7. The van der Waals surface area contributed by atoms with Gasteiger partial charge in [-0.05, 0) is 29.8 Å². The monoisotopic (exact) mass is 366 g/mol. The third-order valence-corrected chi connectivity index (χ3v) is 4.31. The highest BCUT2D eigenvalue weighted by atomic mass is 35.5. The molecule has 0 heterocycles. The van der Waals surface area contributed by atoms with Gasteiger partial charge in [-0.25, -0.2) is 0 Å². The SMILES string of the molecule is COc1ccc(NC(=O)CSCc2cccc(Cl)c2)c([N+](=O)[O-])c1. The predicted molar refractivity (Wildman–Crippen MR) is 95.9 cm³/mol. The minimum absolute atomic E-state index is 0.147. The second kappa shape index (κ2) is 8.56. The molecule has 2 aromatic carbocycles. The van der Waals surface area contributed by atoms with E-state index >= 15 is 0 Å². The van der Waals surface area contributed by atoms with Crippen LogP contribution in [0.15, 0.2) is 42.5 Å². The van der Waals surface area contributed by atoms with Crippen LogP contribution in [0, 0.1) is 10.1 Å². The molecule has 0 spiro atoms. The Morgan fingerprint density at radius 3 is 2.79 bits per heavy atom. The number of amides is 1. The number of halogens is 1. The number of carbonyl (C=O) groups excluding carboxylic acids is 1. The number of nitrogens with zero attached hydrogens (tertiary/aromatic N) is 1. The van der Waals surface area contributed by atoms with Gasteiger partial charge >= 0.3 is 0 Å². The van der Waals surface area contributed by atoms with E-state index in [0.717, 1.165) is 5.56 Å². The molecular weight excluding hydrogens is 352 g/mol. The Kier molecular flexibility index (Phi) is 6.45. The quantitative estimate of drug-likeness (QED) is 0.588. The molecule has 0 saturated carbocycles. The molecule has 24 heavy (non-hydrogen) atoms. The van der Waals surface area contributed by atoms with Crippen molar-refractivity contribution < 1.29 is 14.5 Å². The first-order chi connectivity index (χ1) is 11.5. The molecule has 0 aromatic heterocycles. The summed E-state index contributed by atoms with van der Waals surface area (Å²) in [5.41, 5.74) is 0.951. The molecular formula is C16H15ClN2O4S. The highest BCUT2D eigenvalue weighted by Gasteiger charge is 2.17. The average molecular weight is 367 g/mol. The number of anilines is 1. The highest BCUT2D eigenvalue weighted by Crippen LogP contribution is 2.29. The van der Waals surface area contributed by atoms with Crippen molar-refractivity contribution in [2.45, 2.75) is 5.75 Å². The molecule has 0 aliphatic rings. The zero-order valence-electron chi connectivity index (χ0n) is 12.8. The lowest BCUT2D eigenvalue weighted by Gasteiger charge is -2.07. The number of nitro benzene ring substituents is 1. The number of nitro groups is 1. The molecule has 0 bridgehead atoms. The van der Waals surface area contributed by atoms with Crippen LogP contribution in [-0.4, -0.2) is 23.7 Å². The van der Waals surface area contributed by atoms with Gasteiger partial charge in [-0.2, -0.15) is 0 Å². The van der Waals surface area contributed by atoms with Crippen LogP contribution >= 0.6 is 23.4 Å². The van der Waals surface area contributed by atoms with Gasteiger partial charge in [0, 0.05) is 10.8 Å². The molecule has 0 aliphatic carbocycles. The van der Waals surface area contributed by atoms with E-state index in [4.69, 9.17) is 16.3 Å². The maximum absolute atomic E-state index is 12.0. The summed E-state index contributed by atoms with van der Waals surface area (Å²) in [4.78, 5) is 22.5. The van der Waals surface area contributed by atoms with Gasteiger partial charge in [0.1, 0.15) is 11.4 Å². The van der Waals surface area contributed by atoms with E-state index in [2.05, 4.69) is 5.32 Å². The van der Waals surface area contributed by atoms with E-state index in [0.29, 0.717) is 16.5 Å². The van der Waals surface area contributed by atoms with Crippen molar-refractivity contribution in [2.24, 2.45) is 0 Å². The first-order valence-electron chi connectivity index (χ1n) is 6.94. The zero-order chi connectivity index (χ0) is 17.5. The molecule has 0 radical (unpaired) electrons. The largest absolute Gasteiger partial charge is 0.496 e. The number of carbonyl (C=O) groups is 1. The van der Waals surface area contributed by atoms with Gasteiger partial charge < -0.3 is 10.1 Å². The predicted octanol–water partition coefficient (Wildman–Crippen LogP) is 4.13. The van der Waals surface area contributed by atoms with Crippen molar-refractivity contribution in [3.63, 3.8) is 0 Å². The summed E-state index contributed by atoms with van der Waals surface area (Å²) in [6, 6.07) is 11.7. The van der Waals surface area contributed by atoms with Crippen molar-refractivity contribution >= 4 is 40.6 Å². The Balaban J connectivity index is 1.93. The van der Waals surface area contributed by atoms with Gasteiger partial charge in [0.2, 0.25) is 5.91 Å². The number of ether oxygens (including phenoxy) is 1. The van der Waals surface area contributed by atoms with Gasteiger partial charge in [0.05, 0.1) is 23.9 Å². The maximum Gasteiger partial charge on any atom is 0.296 e. The third-order valence-electron chi connectivity index (χ3n) is 3.07.